The van der Waals surface area contributed by atoms with E-state index in [1.165, 1.54) is 0 Å². The van der Waals surface area contributed by atoms with Gasteiger partial charge < -0.3 is 19.1 Å². The number of benzene rings is 1. The molecule has 1 fully saturated rings. The van der Waals surface area contributed by atoms with Gasteiger partial charge in [-0.15, -0.1) is 5.10 Å². The van der Waals surface area contributed by atoms with Crippen LogP contribution in [0.1, 0.15) is 39.3 Å². The number of hydrogen-bond donors (Lipinski definition) is 0. The lowest BCUT2D eigenvalue weighted by atomic mass is 9.92. The monoisotopic (exact) mass is 411 g/mol. The van der Waals surface area contributed by atoms with Gasteiger partial charge in [0.2, 0.25) is 12.0 Å². The van der Waals surface area contributed by atoms with Gasteiger partial charge in [0.25, 0.3) is 5.91 Å². The minimum atomic E-state index is -0.579. The Kier molecular flexibility index (Phi) is 5.79. The maximum atomic E-state index is 12.8. The number of hydrogen-bond acceptors (Lipinski definition) is 6. The molecule has 1 unspecified atom stereocenters. The largest absolute Gasteiger partial charge is 0.485 e. The third kappa shape index (κ3) is 4.66. The van der Waals surface area contributed by atoms with Gasteiger partial charge >= 0.3 is 0 Å². The molecule has 2 aliphatic rings. The van der Waals surface area contributed by atoms with Crippen LogP contribution in [0.5, 0.6) is 17.4 Å². The number of para-hydroxylation sites is 2. The minimum absolute atomic E-state index is 0.00694. The van der Waals surface area contributed by atoms with Gasteiger partial charge in [-0.25, -0.2) is 0 Å². The van der Waals surface area contributed by atoms with Crippen molar-refractivity contribution < 1.29 is 19.0 Å². The van der Waals surface area contributed by atoms with Crippen molar-refractivity contribution in [3.05, 3.63) is 42.1 Å². The van der Waals surface area contributed by atoms with Crippen LogP contribution >= 0.6 is 0 Å². The van der Waals surface area contributed by atoms with Crippen molar-refractivity contribution in [2.24, 2.45) is 5.92 Å². The average molecular weight is 412 g/mol. The van der Waals surface area contributed by atoms with Crippen molar-refractivity contribution in [3.63, 3.8) is 0 Å². The van der Waals surface area contributed by atoms with Crippen LogP contribution in [0.2, 0.25) is 0 Å². The summed E-state index contributed by atoms with van der Waals surface area (Å²) in [5.41, 5.74) is 0.915. The lowest BCUT2D eigenvalue weighted by molar-refractivity contribution is -0.142. The van der Waals surface area contributed by atoms with Crippen LogP contribution < -0.4 is 14.2 Å². The van der Waals surface area contributed by atoms with Crippen molar-refractivity contribution >= 4 is 5.91 Å². The molecule has 0 N–H and O–H groups in total. The van der Waals surface area contributed by atoms with Gasteiger partial charge in [0.1, 0.15) is 6.61 Å². The maximum absolute atomic E-state index is 12.8. The van der Waals surface area contributed by atoms with Crippen LogP contribution in [0.15, 0.2) is 36.4 Å². The Labute approximate surface area is 177 Å². The second-order valence-electron chi connectivity index (χ2n) is 8.95. The molecule has 1 aromatic carbocycles. The number of likely N-dealkylation sites (tertiary alicyclic amines) is 1. The predicted molar refractivity (Wildman–Crippen MR) is 112 cm³/mol. The van der Waals surface area contributed by atoms with Crippen LogP contribution in [0, 0.1) is 5.92 Å². The summed E-state index contributed by atoms with van der Waals surface area (Å²) in [6, 6.07) is 11.3. The summed E-state index contributed by atoms with van der Waals surface area (Å²) in [6.45, 7) is 8.55. The fourth-order valence-corrected chi connectivity index (χ4v) is 3.67. The molecule has 1 aromatic heterocycles. The van der Waals surface area contributed by atoms with Crippen molar-refractivity contribution in [1.29, 1.82) is 0 Å². The van der Waals surface area contributed by atoms with Gasteiger partial charge in [0, 0.05) is 24.6 Å². The molecule has 3 heterocycles. The Morgan fingerprint density at radius 3 is 2.50 bits per heavy atom. The quantitative estimate of drug-likeness (QED) is 0.769. The summed E-state index contributed by atoms with van der Waals surface area (Å²) in [6.07, 6.45) is 1.21. The van der Waals surface area contributed by atoms with Gasteiger partial charge in [0.05, 0.1) is 12.3 Å². The zero-order valence-corrected chi connectivity index (χ0v) is 17.8. The van der Waals surface area contributed by atoms with Crippen LogP contribution in [-0.2, 0) is 10.2 Å². The predicted octanol–water partition coefficient (Wildman–Crippen LogP) is 3.23. The van der Waals surface area contributed by atoms with E-state index in [0.29, 0.717) is 43.0 Å². The number of piperidine rings is 1. The number of aromatic nitrogens is 2. The van der Waals surface area contributed by atoms with Crippen molar-refractivity contribution in [2.75, 3.05) is 26.3 Å². The van der Waals surface area contributed by atoms with Gasteiger partial charge in [-0.3, -0.25) is 4.79 Å². The van der Waals surface area contributed by atoms with E-state index in [2.05, 4.69) is 31.0 Å². The van der Waals surface area contributed by atoms with Crippen molar-refractivity contribution in [3.8, 4) is 17.4 Å². The molecule has 2 aliphatic heterocycles. The third-order valence-corrected chi connectivity index (χ3v) is 5.59. The van der Waals surface area contributed by atoms with Gasteiger partial charge in [-0.1, -0.05) is 32.9 Å². The summed E-state index contributed by atoms with van der Waals surface area (Å²) in [5, 5.41) is 8.45. The average Bonchev–Trinajstić information content (AvgIpc) is 2.77. The first-order valence-electron chi connectivity index (χ1n) is 10.5. The van der Waals surface area contributed by atoms with E-state index in [0.717, 1.165) is 18.5 Å². The highest BCUT2D eigenvalue weighted by Gasteiger charge is 2.33. The van der Waals surface area contributed by atoms with Gasteiger partial charge in [0.15, 0.2) is 11.5 Å². The van der Waals surface area contributed by atoms with E-state index in [1.54, 1.807) is 0 Å². The number of ether oxygens (including phenoxy) is 3. The molecule has 1 saturated heterocycles. The molecule has 160 valence electrons. The number of carbonyl (C=O) groups is 1. The van der Waals surface area contributed by atoms with E-state index >= 15 is 0 Å². The molecule has 0 spiro atoms. The summed E-state index contributed by atoms with van der Waals surface area (Å²) in [7, 11) is 0. The molecule has 7 heteroatoms. The van der Waals surface area contributed by atoms with Crippen LogP contribution in [-0.4, -0.2) is 53.4 Å². The zero-order chi connectivity index (χ0) is 21.1. The Bertz CT molecular complexity index is 871. The first-order valence-corrected chi connectivity index (χ1v) is 10.5. The number of carbonyl (C=O) groups excluding carboxylic acids is 1. The second-order valence-corrected chi connectivity index (χ2v) is 8.95. The van der Waals surface area contributed by atoms with Crippen LogP contribution in [0.25, 0.3) is 0 Å². The molecule has 0 radical (unpaired) electrons. The first kappa shape index (κ1) is 20.4. The third-order valence-electron chi connectivity index (χ3n) is 5.59. The molecule has 2 aromatic rings. The molecule has 1 atom stereocenters. The molecular weight excluding hydrogens is 382 g/mol. The zero-order valence-electron chi connectivity index (χ0n) is 17.8. The van der Waals surface area contributed by atoms with Crippen LogP contribution in [0.4, 0.5) is 0 Å². The fourth-order valence-electron chi connectivity index (χ4n) is 3.67. The molecule has 1 amide bonds. The molecule has 7 nitrogen and oxygen atoms in total. The van der Waals surface area contributed by atoms with Crippen molar-refractivity contribution in [2.45, 2.75) is 45.1 Å². The first-order chi connectivity index (χ1) is 14.4. The summed E-state index contributed by atoms with van der Waals surface area (Å²) in [5.74, 6) is 2.25. The highest BCUT2D eigenvalue weighted by atomic mass is 16.6. The normalized spacial score (nSPS) is 19.4. The number of nitrogens with zero attached hydrogens (tertiary/aromatic N) is 3. The fraction of sp³-hybridized carbons (Fsp3) is 0.522. The summed E-state index contributed by atoms with van der Waals surface area (Å²) in [4.78, 5) is 14.7. The van der Waals surface area contributed by atoms with E-state index in [4.69, 9.17) is 14.2 Å². The van der Waals surface area contributed by atoms with E-state index in [9.17, 15) is 4.79 Å². The Balaban J connectivity index is 1.24. The number of fused-ring (bicyclic) bond motifs is 1. The maximum Gasteiger partial charge on any atom is 0.267 e. The molecule has 0 aliphatic carbocycles. The molecular formula is C23H29N3O4. The molecule has 0 bridgehead atoms. The van der Waals surface area contributed by atoms with E-state index in [1.807, 2.05) is 41.3 Å². The summed E-state index contributed by atoms with van der Waals surface area (Å²) < 4.78 is 17.4. The lowest BCUT2D eigenvalue weighted by Gasteiger charge is -2.35. The smallest absolute Gasteiger partial charge is 0.267 e. The van der Waals surface area contributed by atoms with Crippen molar-refractivity contribution in [1.82, 2.24) is 15.1 Å². The topological polar surface area (TPSA) is 73.8 Å². The highest BCUT2D eigenvalue weighted by molar-refractivity contribution is 5.82. The Hall–Kier alpha value is -2.83. The van der Waals surface area contributed by atoms with Crippen LogP contribution in [0.3, 0.4) is 0 Å². The number of rotatable bonds is 4. The van der Waals surface area contributed by atoms with Gasteiger partial charge in [-0.05, 0) is 37.0 Å². The Morgan fingerprint density at radius 2 is 1.83 bits per heavy atom. The molecule has 0 saturated carbocycles. The molecule has 4 rings (SSSR count). The highest BCUT2D eigenvalue weighted by Crippen LogP contribution is 2.31. The Morgan fingerprint density at radius 1 is 1.10 bits per heavy atom. The summed E-state index contributed by atoms with van der Waals surface area (Å²) >= 11 is 0. The molecule has 30 heavy (non-hydrogen) atoms. The SMILES string of the molecule is CC(C)(C)c1ccc(OCC2CCN(C(=O)C3COc4ccccc4O3)CC2)nn1. The standard InChI is InChI=1S/C23H29N3O4/c1-23(2,3)20-8-9-21(25-24-20)29-14-16-10-12-26(13-11-16)22(27)19-15-28-17-6-4-5-7-18(17)30-19/h4-9,16,19H,10-15H2,1-3H3. The number of amides is 1. The van der Waals surface area contributed by atoms with E-state index in [-0.39, 0.29) is 17.9 Å². The lowest BCUT2D eigenvalue weighted by Crippen LogP contribution is -2.49. The minimum Gasteiger partial charge on any atom is -0.485 e. The van der Waals surface area contributed by atoms with Gasteiger partial charge in [-0.2, -0.15) is 5.10 Å². The second kappa shape index (κ2) is 8.50. The van der Waals surface area contributed by atoms with E-state index < -0.39 is 6.10 Å².